The van der Waals surface area contributed by atoms with E-state index >= 15 is 0 Å². The summed E-state index contributed by atoms with van der Waals surface area (Å²) in [7, 11) is 0. The van der Waals surface area contributed by atoms with Crippen LogP contribution in [0.4, 0.5) is 0 Å². The summed E-state index contributed by atoms with van der Waals surface area (Å²) in [6.45, 7) is 8.00. The standard InChI is InChI=1S/C16H30N2S/c1-13(2)7-4-5-10-17-15-18-16(12-19-15)9-6-8-14(3)11-16/h13-14H,4-12H2,1-3H3,(H,17,18). The minimum atomic E-state index is 0.388. The summed E-state index contributed by atoms with van der Waals surface area (Å²) in [6.07, 6.45) is 9.39. The Hall–Kier alpha value is -0.180. The molecule has 1 aliphatic carbocycles. The summed E-state index contributed by atoms with van der Waals surface area (Å²) in [5, 5.41) is 4.97. The van der Waals surface area contributed by atoms with Gasteiger partial charge in [-0.2, -0.15) is 0 Å². The van der Waals surface area contributed by atoms with Crippen LogP contribution in [0, 0.1) is 11.8 Å². The Morgan fingerprint density at radius 3 is 3.00 bits per heavy atom. The van der Waals surface area contributed by atoms with Crippen molar-refractivity contribution in [2.45, 2.75) is 71.3 Å². The van der Waals surface area contributed by atoms with Crippen LogP contribution in [0.5, 0.6) is 0 Å². The summed E-state index contributed by atoms with van der Waals surface area (Å²) < 4.78 is 0. The van der Waals surface area contributed by atoms with Crippen LogP contribution in [-0.4, -0.2) is 23.0 Å². The molecule has 0 aromatic heterocycles. The Balaban J connectivity index is 1.72. The first-order valence-electron chi connectivity index (χ1n) is 8.05. The molecule has 19 heavy (non-hydrogen) atoms. The van der Waals surface area contributed by atoms with E-state index in [9.17, 15) is 0 Å². The second-order valence-electron chi connectivity index (χ2n) is 6.97. The zero-order valence-corrected chi connectivity index (χ0v) is 13.7. The van der Waals surface area contributed by atoms with E-state index in [2.05, 4.69) is 26.1 Å². The van der Waals surface area contributed by atoms with Gasteiger partial charge in [0.15, 0.2) is 5.17 Å². The van der Waals surface area contributed by atoms with Crippen LogP contribution < -0.4 is 5.32 Å². The highest BCUT2D eigenvalue weighted by Crippen LogP contribution is 2.38. The fourth-order valence-electron chi connectivity index (χ4n) is 3.34. The van der Waals surface area contributed by atoms with Crippen LogP contribution in [0.2, 0.25) is 0 Å². The Kier molecular flexibility index (Phi) is 5.61. The molecule has 2 rings (SSSR count). The minimum Gasteiger partial charge on any atom is -0.359 e. The lowest BCUT2D eigenvalue weighted by atomic mass is 9.78. The van der Waals surface area contributed by atoms with Crippen molar-refractivity contribution in [3.05, 3.63) is 0 Å². The number of rotatable bonds is 5. The molecule has 2 atom stereocenters. The first kappa shape index (κ1) is 15.2. The molecule has 2 unspecified atom stereocenters. The molecule has 0 aromatic carbocycles. The molecular formula is C16H30N2S. The molecule has 2 fully saturated rings. The van der Waals surface area contributed by atoms with Gasteiger partial charge in [0, 0.05) is 17.8 Å². The second-order valence-corrected chi connectivity index (χ2v) is 7.94. The predicted octanol–water partition coefficient (Wildman–Crippen LogP) is 4.45. The highest BCUT2D eigenvalue weighted by Gasteiger charge is 2.40. The number of nitrogens with one attached hydrogen (secondary N) is 1. The van der Waals surface area contributed by atoms with Crippen molar-refractivity contribution in [2.24, 2.45) is 16.8 Å². The molecule has 0 amide bonds. The van der Waals surface area contributed by atoms with Crippen molar-refractivity contribution in [2.75, 3.05) is 12.3 Å². The van der Waals surface area contributed by atoms with Crippen molar-refractivity contribution in [1.82, 2.24) is 5.32 Å². The SMILES string of the molecule is CC(C)CCCCN=C1NC2(CCCC(C)C2)CS1. The fourth-order valence-corrected chi connectivity index (χ4v) is 4.56. The Morgan fingerprint density at radius 1 is 1.42 bits per heavy atom. The lowest BCUT2D eigenvalue weighted by Gasteiger charge is -2.36. The highest BCUT2D eigenvalue weighted by molar-refractivity contribution is 8.14. The largest absolute Gasteiger partial charge is 0.359 e. The summed E-state index contributed by atoms with van der Waals surface area (Å²) in [4.78, 5) is 4.76. The van der Waals surface area contributed by atoms with Crippen LogP contribution in [0.15, 0.2) is 4.99 Å². The predicted molar refractivity (Wildman–Crippen MR) is 86.9 cm³/mol. The van der Waals surface area contributed by atoms with Gasteiger partial charge in [-0.15, -0.1) is 0 Å². The van der Waals surface area contributed by atoms with E-state index in [0.29, 0.717) is 5.54 Å². The number of amidine groups is 1. The zero-order valence-electron chi connectivity index (χ0n) is 12.9. The summed E-state index contributed by atoms with van der Waals surface area (Å²) >= 11 is 1.95. The van der Waals surface area contributed by atoms with Gasteiger partial charge < -0.3 is 5.32 Å². The van der Waals surface area contributed by atoms with Gasteiger partial charge in [-0.3, -0.25) is 4.99 Å². The van der Waals surface area contributed by atoms with Crippen LogP contribution in [0.1, 0.15) is 65.7 Å². The number of nitrogens with zero attached hydrogens (tertiary/aromatic N) is 1. The molecule has 2 nitrogen and oxygen atoms in total. The second kappa shape index (κ2) is 7.01. The molecular weight excluding hydrogens is 252 g/mol. The molecule has 1 N–H and O–H groups in total. The van der Waals surface area contributed by atoms with Gasteiger partial charge in [0.05, 0.1) is 0 Å². The van der Waals surface area contributed by atoms with E-state index in [0.717, 1.165) is 18.4 Å². The van der Waals surface area contributed by atoms with Crippen molar-refractivity contribution >= 4 is 16.9 Å². The first-order chi connectivity index (χ1) is 9.10. The molecule has 3 heteroatoms. The maximum atomic E-state index is 4.76. The number of unbranched alkanes of at least 4 members (excludes halogenated alkanes) is 1. The Labute approximate surface area is 123 Å². The van der Waals surface area contributed by atoms with Crippen LogP contribution in [0.3, 0.4) is 0 Å². The normalized spacial score (nSPS) is 33.3. The topological polar surface area (TPSA) is 24.4 Å². The van der Waals surface area contributed by atoms with Gasteiger partial charge in [0.1, 0.15) is 0 Å². The highest BCUT2D eigenvalue weighted by atomic mass is 32.2. The molecule has 0 radical (unpaired) electrons. The zero-order chi connectivity index (χ0) is 13.7. The van der Waals surface area contributed by atoms with Gasteiger partial charge in [-0.1, -0.05) is 58.2 Å². The molecule has 110 valence electrons. The third kappa shape index (κ3) is 4.70. The average molecular weight is 282 g/mol. The van der Waals surface area contributed by atoms with Crippen LogP contribution >= 0.6 is 11.8 Å². The van der Waals surface area contributed by atoms with E-state index in [1.165, 1.54) is 55.9 Å². The van der Waals surface area contributed by atoms with Gasteiger partial charge in [-0.05, 0) is 31.1 Å². The van der Waals surface area contributed by atoms with Crippen molar-refractivity contribution in [3.8, 4) is 0 Å². The van der Waals surface area contributed by atoms with E-state index in [1.807, 2.05) is 11.8 Å². The summed E-state index contributed by atoms with van der Waals surface area (Å²) in [5.41, 5.74) is 0.388. The molecule has 2 aliphatic rings. The molecule has 1 heterocycles. The average Bonchev–Trinajstić information content (AvgIpc) is 2.71. The quantitative estimate of drug-likeness (QED) is 0.753. The molecule has 1 saturated heterocycles. The lowest BCUT2D eigenvalue weighted by molar-refractivity contribution is 0.242. The Morgan fingerprint density at radius 2 is 2.26 bits per heavy atom. The third-order valence-electron chi connectivity index (χ3n) is 4.39. The van der Waals surface area contributed by atoms with Gasteiger partial charge in [-0.25, -0.2) is 0 Å². The van der Waals surface area contributed by atoms with Crippen molar-refractivity contribution in [3.63, 3.8) is 0 Å². The minimum absolute atomic E-state index is 0.388. The van der Waals surface area contributed by atoms with Gasteiger partial charge >= 0.3 is 0 Å². The molecule has 0 aromatic rings. The third-order valence-corrected chi connectivity index (χ3v) is 5.60. The van der Waals surface area contributed by atoms with E-state index < -0.39 is 0 Å². The number of aliphatic imine (C=N–C) groups is 1. The molecule has 1 aliphatic heterocycles. The van der Waals surface area contributed by atoms with Gasteiger partial charge in [0.25, 0.3) is 0 Å². The molecule has 1 spiro atoms. The van der Waals surface area contributed by atoms with E-state index in [1.54, 1.807) is 0 Å². The van der Waals surface area contributed by atoms with E-state index in [4.69, 9.17) is 4.99 Å². The Bertz CT molecular complexity index is 314. The maximum absolute atomic E-state index is 4.76. The fraction of sp³-hybridized carbons (Fsp3) is 0.938. The number of hydrogen-bond donors (Lipinski definition) is 1. The smallest absolute Gasteiger partial charge is 0.157 e. The number of hydrogen-bond acceptors (Lipinski definition) is 2. The van der Waals surface area contributed by atoms with Gasteiger partial charge in [0.2, 0.25) is 0 Å². The van der Waals surface area contributed by atoms with E-state index in [-0.39, 0.29) is 0 Å². The maximum Gasteiger partial charge on any atom is 0.157 e. The van der Waals surface area contributed by atoms with Crippen molar-refractivity contribution in [1.29, 1.82) is 0 Å². The first-order valence-corrected chi connectivity index (χ1v) is 9.04. The summed E-state index contributed by atoms with van der Waals surface area (Å²) in [5.74, 6) is 2.95. The molecule has 0 bridgehead atoms. The number of thioether (sulfide) groups is 1. The summed E-state index contributed by atoms with van der Waals surface area (Å²) in [6, 6.07) is 0. The monoisotopic (exact) mass is 282 g/mol. The van der Waals surface area contributed by atoms with Crippen LogP contribution in [0.25, 0.3) is 0 Å². The van der Waals surface area contributed by atoms with Crippen molar-refractivity contribution < 1.29 is 0 Å². The molecule has 1 saturated carbocycles. The van der Waals surface area contributed by atoms with Crippen LogP contribution in [-0.2, 0) is 0 Å². The lowest BCUT2D eigenvalue weighted by Crippen LogP contribution is -2.47.